The number of rotatable bonds is 5. The number of nitrogens with two attached hydrogens (primary N) is 1. The molecule has 5 atom stereocenters. The van der Waals surface area contributed by atoms with E-state index in [2.05, 4.69) is 0 Å². The highest BCUT2D eigenvalue weighted by molar-refractivity contribution is 5.63. The van der Waals surface area contributed by atoms with Gasteiger partial charge < -0.3 is 10.5 Å². The van der Waals surface area contributed by atoms with Gasteiger partial charge in [0.05, 0.1) is 17.7 Å². The lowest BCUT2D eigenvalue weighted by molar-refractivity contribution is -0.161. The summed E-state index contributed by atoms with van der Waals surface area (Å²) in [5.41, 5.74) is 1.78. The maximum Gasteiger partial charge on any atom is 0.404 e. The minimum atomic E-state index is -4.92. The number of aromatic nitrogens is 2. The van der Waals surface area contributed by atoms with Crippen LogP contribution in [-0.2, 0) is 4.74 Å². The van der Waals surface area contributed by atoms with Crippen molar-refractivity contribution in [3.8, 4) is 0 Å². The fourth-order valence-electron chi connectivity index (χ4n) is 4.75. The molecule has 3 N–H and O–H groups in total. The van der Waals surface area contributed by atoms with Crippen LogP contribution in [0.5, 0.6) is 0 Å². The van der Waals surface area contributed by atoms with Crippen molar-refractivity contribution >= 4 is 11.3 Å². The summed E-state index contributed by atoms with van der Waals surface area (Å²) >= 11 is 0. The first-order valence-corrected chi connectivity index (χ1v) is 10.2. The molecule has 184 valence electrons. The standard InChI is InChI=1S/C19H21F7N4O3/c1-33-14-12-10(17(31)28-18(32)30(12)6-2-3-6)9(16(22)23)11(21)13(14)29-4-7(8(20)5-29)15(27)19(24,25)26/h6-8,11,13,15-16H,2-5,27H2,1H3,(H,28,31,32). The van der Waals surface area contributed by atoms with E-state index in [0.717, 1.165) is 16.6 Å². The van der Waals surface area contributed by atoms with Gasteiger partial charge in [-0.25, -0.2) is 22.4 Å². The summed E-state index contributed by atoms with van der Waals surface area (Å²) < 4.78 is 104. The number of methoxy groups -OCH3 is 1. The molecule has 0 radical (unpaired) electrons. The molecule has 0 bridgehead atoms. The Morgan fingerprint density at radius 2 is 1.79 bits per heavy atom. The van der Waals surface area contributed by atoms with Crippen molar-refractivity contribution in [2.24, 2.45) is 11.7 Å². The van der Waals surface area contributed by atoms with Crippen molar-refractivity contribution in [3.05, 3.63) is 31.4 Å². The van der Waals surface area contributed by atoms with Crippen molar-refractivity contribution in [1.82, 2.24) is 14.5 Å². The van der Waals surface area contributed by atoms with Gasteiger partial charge in [0.2, 0.25) is 0 Å². The van der Waals surface area contributed by atoms with Gasteiger partial charge in [-0.2, -0.15) is 13.2 Å². The molecular weight excluding hydrogens is 465 g/mol. The maximum absolute atomic E-state index is 15.6. The molecule has 5 unspecified atom stereocenters. The summed E-state index contributed by atoms with van der Waals surface area (Å²) in [5, 5.41) is -1.11. The Kier molecular flexibility index (Phi) is 5.88. The van der Waals surface area contributed by atoms with Crippen molar-refractivity contribution in [2.45, 2.75) is 55.9 Å². The molecule has 2 heterocycles. The number of nitrogens with one attached hydrogen (secondary N) is 1. The molecule has 4 rings (SSSR count). The van der Waals surface area contributed by atoms with E-state index < -0.39 is 89.9 Å². The van der Waals surface area contributed by atoms with Crippen LogP contribution in [0.15, 0.2) is 9.59 Å². The zero-order valence-electron chi connectivity index (χ0n) is 17.2. The number of hydrogen-bond donors (Lipinski definition) is 2. The molecule has 14 heteroatoms. The van der Waals surface area contributed by atoms with Gasteiger partial charge in [-0.1, -0.05) is 0 Å². The minimum absolute atomic E-state index is 0.359. The summed E-state index contributed by atoms with van der Waals surface area (Å²) in [6.45, 7) is -1.42. The Morgan fingerprint density at radius 3 is 2.30 bits per heavy atom. The average Bonchev–Trinajstić information content (AvgIpc) is 3.47. The molecule has 2 aliphatic carbocycles. The second kappa shape index (κ2) is 8.15. The van der Waals surface area contributed by atoms with Crippen molar-refractivity contribution in [3.63, 3.8) is 0 Å². The van der Waals surface area contributed by atoms with Gasteiger partial charge in [-0.05, 0) is 12.8 Å². The Balaban J connectivity index is 1.94. The normalized spacial score (nSPS) is 29.5. The van der Waals surface area contributed by atoms with Gasteiger partial charge in [-0.15, -0.1) is 0 Å². The molecule has 1 saturated heterocycles. The lowest BCUT2D eigenvalue weighted by atomic mass is 9.93. The van der Waals surface area contributed by atoms with Crippen LogP contribution in [-0.4, -0.2) is 71.7 Å². The number of H-pyrrole nitrogens is 1. The SMILES string of the molecule is COC1=c2c(c(=O)[nH]c(=O)n2C2CC2)=C(C(F)F)C(F)C1N1CC(F)C(C(N)C(F)(F)F)C1. The van der Waals surface area contributed by atoms with Gasteiger partial charge in [-0.3, -0.25) is 19.2 Å². The molecule has 1 aliphatic heterocycles. The summed E-state index contributed by atoms with van der Waals surface area (Å²) in [6, 6.07) is -4.78. The zero-order chi connectivity index (χ0) is 24.4. The topological polar surface area (TPSA) is 93.3 Å². The van der Waals surface area contributed by atoms with Gasteiger partial charge in [0.25, 0.3) is 12.0 Å². The highest BCUT2D eigenvalue weighted by Crippen LogP contribution is 2.37. The van der Waals surface area contributed by atoms with Crippen LogP contribution in [0.4, 0.5) is 30.7 Å². The monoisotopic (exact) mass is 486 g/mol. The number of halogens is 7. The summed E-state index contributed by atoms with van der Waals surface area (Å²) in [6.07, 6.45) is -12.1. The largest absolute Gasteiger partial charge is 0.497 e. The van der Waals surface area contributed by atoms with Crippen LogP contribution in [0.2, 0.25) is 0 Å². The van der Waals surface area contributed by atoms with E-state index in [1.165, 1.54) is 0 Å². The van der Waals surface area contributed by atoms with Crippen molar-refractivity contribution in [2.75, 3.05) is 20.2 Å². The summed E-state index contributed by atoms with van der Waals surface area (Å²) in [4.78, 5) is 27.8. The zero-order valence-corrected chi connectivity index (χ0v) is 17.2. The number of nitrogens with zero attached hydrogens (tertiary/aromatic N) is 2. The maximum atomic E-state index is 15.6. The van der Waals surface area contributed by atoms with E-state index in [1.54, 1.807) is 0 Å². The summed E-state index contributed by atoms with van der Waals surface area (Å²) in [5.74, 6) is -2.16. The Morgan fingerprint density at radius 1 is 1.15 bits per heavy atom. The van der Waals surface area contributed by atoms with Crippen LogP contribution in [0.1, 0.15) is 18.9 Å². The molecule has 0 spiro atoms. The van der Waals surface area contributed by atoms with Crippen molar-refractivity contribution in [1.29, 1.82) is 0 Å². The first-order valence-electron chi connectivity index (χ1n) is 10.2. The van der Waals surface area contributed by atoms with Crippen molar-refractivity contribution < 1.29 is 35.5 Å². The molecular formula is C19H21F7N4O3. The second-order valence-corrected chi connectivity index (χ2v) is 8.46. The molecule has 1 aromatic heterocycles. The Hall–Kier alpha value is -2.35. The summed E-state index contributed by atoms with van der Waals surface area (Å²) in [7, 11) is 1.05. The third-order valence-electron chi connectivity index (χ3n) is 6.43. The number of ether oxygens (including phenoxy) is 1. The minimum Gasteiger partial charge on any atom is -0.497 e. The highest BCUT2D eigenvalue weighted by Gasteiger charge is 2.52. The first kappa shape index (κ1) is 23.8. The van der Waals surface area contributed by atoms with E-state index in [9.17, 15) is 35.9 Å². The molecule has 7 nitrogen and oxygen atoms in total. The Bertz CT molecular complexity index is 1170. The first-order chi connectivity index (χ1) is 15.4. The quantitative estimate of drug-likeness (QED) is 0.569. The number of alkyl halides is 7. The smallest absolute Gasteiger partial charge is 0.404 e. The second-order valence-electron chi connectivity index (χ2n) is 8.46. The fourth-order valence-corrected chi connectivity index (χ4v) is 4.75. The van der Waals surface area contributed by atoms with Gasteiger partial charge in [0, 0.05) is 30.6 Å². The molecule has 2 fully saturated rings. The van der Waals surface area contributed by atoms with Crippen LogP contribution in [0.3, 0.4) is 0 Å². The lowest BCUT2D eigenvalue weighted by Gasteiger charge is -2.35. The molecule has 1 saturated carbocycles. The number of fused-ring (bicyclic) bond motifs is 1. The van der Waals surface area contributed by atoms with Gasteiger partial charge in [0.1, 0.15) is 24.0 Å². The lowest BCUT2D eigenvalue weighted by Crippen LogP contribution is -2.63. The van der Waals surface area contributed by atoms with Crippen LogP contribution < -0.4 is 27.6 Å². The van der Waals surface area contributed by atoms with E-state index in [1.807, 2.05) is 4.98 Å². The molecule has 0 amide bonds. The number of hydrogen-bond acceptors (Lipinski definition) is 5. The molecule has 0 aromatic carbocycles. The van der Waals surface area contributed by atoms with Gasteiger partial charge >= 0.3 is 11.9 Å². The van der Waals surface area contributed by atoms with Gasteiger partial charge in [0.15, 0.2) is 6.17 Å². The van der Waals surface area contributed by atoms with Crippen LogP contribution in [0.25, 0.3) is 11.3 Å². The fraction of sp³-hybridized carbons (Fsp3) is 0.684. The van der Waals surface area contributed by atoms with E-state index in [-0.39, 0.29) is 5.35 Å². The number of aromatic amines is 1. The number of likely N-dealkylation sites (tertiary alicyclic amines) is 1. The predicted octanol–water partition coefficient (Wildman–Crippen LogP) is -0.0783. The average molecular weight is 486 g/mol. The third kappa shape index (κ3) is 3.86. The third-order valence-corrected chi connectivity index (χ3v) is 6.43. The van der Waals surface area contributed by atoms with E-state index >= 15 is 4.39 Å². The van der Waals surface area contributed by atoms with E-state index in [0.29, 0.717) is 12.8 Å². The van der Waals surface area contributed by atoms with Crippen LogP contribution >= 0.6 is 0 Å². The highest BCUT2D eigenvalue weighted by atomic mass is 19.4. The van der Waals surface area contributed by atoms with E-state index in [4.69, 9.17) is 10.5 Å². The predicted molar refractivity (Wildman–Crippen MR) is 101 cm³/mol. The Labute approximate surface area is 181 Å². The molecule has 1 aromatic rings. The van der Waals surface area contributed by atoms with Crippen LogP contribution in [0, 0.1) is 5.92 Å². The molecule has 3 aliphatic rings. The molecule has 33 heavy (non-hydrogen) atoms.